The van der Waals surface area contributed by atoms with Crippen molar-refractivity contribution in [3.63, 3.8) is 0 Å². The first-order chi connectivity index (χ1) is 8.69. The van der Waals surface area contributed by atoms with E-state index < -0.39 is 0 Å². The van der Waals surface area contributed by atoms with Gasteiger partial charge in [-0.25, -0.2) is 0 Å². The first-order valence-electron chi connectivity index (χ1n) is 6.14. The number of methoxy groups -OCH3 is 1. The molecule has 0 spiro atoms. The molecule has 1 aromatic carbocycles. The summed E-state index contributed by atoms with van der Waals surface area (Å²) in [5.41, 5.74) is 1.10. The van der Waals surface area contributed by atoms with Gasteiger partial charge in [0.1, 0.15) is 5.75 Å². The van der Waals surface area contributed by atoms with Crippen LogP contribution < -0.4 is 4.74 Å². The van der Waals surface area contributed by atoms with Crippen molar-refractivity contribution in [1.82, 2.24) is 0 Å². The molecule has 18 heavy (non-hydrogen) atoms. The summed E-state index contributed by atoms with van der Waals surface area (Å²) in [6.07, 6.45) is 4.09. The van der Waals surface area contributed by atoms with Crippen molar-refractivity contribution in [3.05, 3.63) is 42.0 Å². The summed E-state index contributed by atoms with van der Waals surface area (Å²) >= 11 is 0. The molecule has 2 atom stereocenters. The Labute approximate surface area is 107 Å². The van der Waals surface area contributed by atoms with Gasteiger partial charge in [-0.05, 0) is 29.7 Å². The van der Waals surface area contributed by atoms with Crippen LogP contribution >= 0.6 is 0 Å². The van der Waals surface area contributed by atoms with E-state index in [-0.39, 0.29) is 17.8 Å². The Morgan fingerprint density at radius 3 is 2.61 bits per heavy atom. The van der Waals surface area contributed by atoms with Crippen LogP contribution in [0.5, 0.6) is 5.75 Å². The van der Waals surface area contributed by atoms with E-state index in [0.717, 1.165) is 11.3 Å². The molecule has 0 N–H and O–H groups in total. The molecule has 0 aromatic heterocycles. The summed E-state index contributed by atoms with van der Waals surface area (Å²) < 4.78 is 10.9. The second kappa shape index (κ2) is 5.83. The molecule has 2 rings (SSSR count). The highest BCUT2D eigenvalue weighted by Gasteiger charge is 2.21. The third-order valence-corrected chi connectivity index (χ3v) is 3.16. The Morgan fingerprint density at radius 1 is 1.28 bits per heavy atom. The van der Waals surface area contributed by atoms with Gasteiger partial charge in [-0.2, -0.15) is 0 Å². The molecule has 0 heterocycles. The van der Waals surface area contributed by atoms with E-state index in [1.165, 1.54) is 0 Å². The van der Waals surface area contributed by atoms with E-state index in [2.05, 4.69) is 0 Å². The van der Waals surface area contributed by atoms with Crippen molar-refractivity contribution in [1.29, 1.82) is 0 Å². The minimum absolute atomic E-state index is 0.0322. The van der Waals surface area contributed by atoms with Gasteiger partial charge in [-0.3, -0.25) is 4.79 Å². The highest BCUT2D eigenvalue weighted by molar-refractivity contribution is 5.90. The van der Waals surface area contributed by atoms with E-state index in [0.29, 0.717) is 13.0 Å². The molecule has 96 valence electrons. The van der Waals surface area contributed by atoms with Crippen molar-refractivity contribution in [2.24, 2.45) is 5.92 Å². The number of allylic oxidation sites excluding steroid dienone is 1. The lowest BCUT2D eigenvalue weighted by Gasteiger charge is -2.23. The van der Waals surface area contributed by atoms with E-state index in [4.69, 9.17) is 9.47 Å². The summed E-state index contributed by atoms with van der Waals surface area (Å²) in [5.74, 6) is 1.28. The first kappa shape index (κ1) is 12.8. The highest BCUT2D eigenvalue weighted by Crippen LogP contribution is 2.20. The molecule has 1 aliphatic rings. The molecule has 0 unspecified atom stereocenters. The molecule has 0 saturated heterocycles. The van der Waals surface area contributed by atoms with Gasteiger partial charge in [0.05, 0.1) is 19.8 Å². The third kappa shape index (κ3) is 3.20. The van der Waals surface area contributed by atoms with Gasteiger partial charge < -0.3 is 9.47 Å². The zero-order valence-corrected chi connectivity index (χ0v) is 10.8. The zero-order valence-electron chi connectivity index (χ0n) is 10.8. The molecule has 0 saturated carbocycles. The van der Waals surface area contributed by atoms with Crippen LogP contribution in [0.25, 0.3) is 0 Å². The van der Waals surface area contributed by atoms with E-state index >= 15 is 0 Å². The molecular formula is C15H18O3. The lowest BCUT2D eigenvalue weighted by atomic mass is 9.92. The SMILES string of the molecule is COc1ccc(CO[C@@H]2C=CC(=O)C[C@@H]2C)cc1. The van der Waals surface area contributed by atoms with Gasteiger partial charge in [-0.1, -0.05) is 25.1 Å². The maximum absolute atomic E-state index is 11.2. The van der Waals surface area contributed by atoms with Crippen LogP contribution in [-0.2, 0) is 16.1 Å². The van der Waals surface area contributed by atoms with Gasteiger partial charge in [0.25, 0.3) is 0 Å². The number of rotatable bonds is 4. The minimum atomic E-state index is 0.0322. The molecule has 1 aromatic rings. The fourth-order valence-corrected chi connectivity index (χ4v) is 2.03. The van der Waals surface area contributed by atoms with Crippen molar-refractivity contribution < 1.29 is 14.3 Å². The van der Waals surface area contributed by atoms with Crippen LogP contribution in [0.4, 0.5) is 0 Å². The Balaban J connectivity index is 1.90. The predicted octanol–water partition coefficient (Wildman–Crippen LogP) is 2.75. The fourth-order valence-electron chi connectivity index (χ4n) is 2.03. The number of hydrogen-bond donors (Lipinski definition) is 0. The van der Waals surface area contributed by atoms with Crippen molar-refractivity contribution in [2.75, 3.05) is 7.11 Å². The van der Waals surface area contributed by atoms with E-state index in [1.807, 2.05) is 37.3 Å². The van der Waals surface area contributed by atoms with Gasteiger partial charge in [0.15, 0.2) is 5.78 Å². The highest BCUT2D eigenvalue weighted by atomic mass is 16.5. The maximum atomic E-state index is 11.2. The Kier molecular flexibility index (Phi) is 4.15. The zero-order chi connectivity index (χ0) is 13.0. The van der Waals surface area contributed by atoms with Crippen molar-refractivity contribution >= 4 is 5.78 Å². The van der Waals surface area contributed by atoms with Crippen LogP contribution in [0, 0.1) is 5.92 Å². The molecule has 0 fully saturated rings. The predicted molar refractivity (Wildman–Crippen MR) is 69.5 cm³/mol. The van der Waals surface area contributed by atoms with Crippen LogP contribution in [0.1, 0.15) is 18.9 Å². The normalized spacial score (nSPS) is 23.1. The van der Waals surface area contributed by atoms with Crippen LogP contribution in [0.15, 0.2) is 36.4 Å². The number of carbonyl (C=O) groups excluding carboxylic acids is 1. The number of ether oxygens (including phenoxy) is 2. The van der Waals surface area contributed by atoms with Crippen LogP contribution in [0.2, 0.25) is 0 Å². The molecule has 1 aliphatic carbocycles. The Morgan fingerprint density at radius 2 is 2.00 bits per heavy atom. The molecule has 0 radical (unpaired) electrons. The van der Waals surface area contributed by atoms with Gasteiger partial charge >= 0.3 is 0 Å². The van der Waals surface area contributed by atoms with Crippen molar-refractivity contribution in [2.45, 2.75) is 26.1 Å². The largest absolute Gasteiger partial charge is 0.497 e. The summed E-state index contributed by atoms with van der Waals surface area (Å²) in [4.78, 5) is 11.2. The number of benzene rings is 1. The van der Waals surface area contributed by atoms with Gasteiger partial charge in [0.2, 0.25) is 0 Å². The van der Waals surface area contributed by atoms with Crippen LogP contribution in [0.3, 0.4) is 0 Å². The Bertz CT molecular complexity index is 434. The summed E-state index contributed by atoms with van der Waals surface area (Å²) in [5, 5.41) is 0. The second-order valence-corrected chi connectivity index (χ2v) is 4.63. The lowest BCUT2D eigenvalue weighted by Crippen LogP contribution is -2.25. The van der Waals surface area contributed by atoms with E-state index in [9.17, 15) is 4.79 Å². The average Bonchev–Trinajstić information content (AvgIpc) is 2.38. The monoisotopic (exact) mass is 246 g/mol. The second-order valence-electron chi connectivity index (χ2n) is 4.63. The number of hydrogen-bond acceptors (Lipinski definition) is 3. The molecule has 0 amide bonds. The summed E-state index contributed by atoms with van der Waals surface area (Å²) in [6.45, 7) is 2.59. The fraction of sp³-hybridized carbons (Fsp3) is 0.400. The minimum Gasteiger partial charge on any atom is -0.497 e. The molecule has 0 bridgehead atoms. The molecule has 0 aliphatic heterocycles. The third-order valence-electron chi connectivity index (χ3n) is 3.16. The summed E-state index contributed by atoms with van der Waals surface area (Å²) in [7, 11) is 1.65. The number of carbonyl (C=O) groups is 1. The van der Waals surface area contributed by atoms with E-state index in [1.54, 1.807) is 13.2 Å². The summed E-state index contributed by atoms with van der Waals surface area (Å²) in [6, 6.07) is 7.81. The van der Waals surface area contributed by atoms with Crippen LogP contribution in [-0.4, -0.2) is 19.0 Å². The maximum Gasteiger partial charge on any atom is 0.155 e. The number of ketones is 1. The standard InChI is InChI=1S/C15H18O3/c1-11-9-13(16)5-8-15(11)18-10-12-3-6-14(17-2)7-4-12/h3-8,11,15H,9-10H2,1-2H3/t11-,15+/m0/s1. The quantitative estimate of drug-likeness (QED) is 0.819. The lowest BCUT2D eigenvalue weighted by molar-refractivity contribution is -0.117. The molecule has 3 heteroatoms. The molecule has 3 nitrogen and oxygen atoms in total. The van der Waals surface area contributed by atoms with Gasteiger partial charge in [-0.15, -0.1) is 0 Å². The van der Waals surface area contributed by atoms with Crippen molar-refractivity contribution in [3.8, 4) is 5.75 Å². The smallest absolute Gasteiger partial charge is 0.155 e. The first-order valence-corrected chi connectivity index (χ1v) is 6.14. The average molecular weight is 246 g/mol. The van der Waals surface area contributed by atoms with Gasteiger partial charge in [0, 0.05) is 6.42 Å². The Hall–Kier alpha value is -1.61. The molecular weight excluding hydrogens is 228 g/mol. The topological polar surface area (TPSA) is 35.5 Å².